The molecule has 0 heteroatoms. The van der Waals surface area contributed by atoms with Crippen LogP contribution in [0.3, 0.4) is 0 Å². The fourth-order valence-corrected chi connectivity index (χ4v) is 4.62. The number of unbranched alkanes of at least 4 members (excludes halogenated alkanes) is 11. The SMILES string of the molecule is CCCCCCCCCCCCCCC(Cc1ccccc1)C(CC)CC. The van der Waals surface area contributed by atoms with Crippen LogP contribution in [0.2, 0.25) is 0 Å². The molecule has 1 rings (SSSR count). The summed E-state index contributed by atoms with van der Waals surface area (Å²) in [6.45, 7) is 7.07. The Morgan fingerprint density at radius 3 is 1.52 bits per heavy atom. The van der Waals surface area contributed by atoms with Crippen LogP contribution in [0.4, 0.5) is 0 Å². The normalized spacial score (nSPS) is 12.6. The van der Waals surface area contributed by atoms with Gasteiger partial charge in [-0.05, 0) is 30.2 Å². The molecule has 0 saturated heterocycles. The van der Waals surface area contributed by atoms with Gasteiger partial charge in [0.1, 0.15) is 0 Å². The molecule has 0 aliphatic heterocycles. The van der Waals surface area contributed by atoms with Crippen molar-refractivity contribution in [3.8, 4) is 0 Å². The van der Waals surface area contributed by atoms with E-state index in [-0.39, 0.29) is 0 Å². The van der Waals surface area contributed by atoms with E-state index in [0.717, 1.165) is 11.8 Å². The summed E-state index contributed by atoms with van der Waals surface area (Å²) in [5.74, 6) is 1.78. The molecule has 0 aromatic heterocycles. The molecule has 156 valence electrons. The monoisotopic (exact) mass is 372 g/mol. The second kappa shape index (κ2) is 17.3. The summed E-state index contributed by atoms with van der Waals surface area (Å²) >= 11 is 0. The summed E-state index contributed by atoms with van der Waals surface area (Å²) in [6, 6.07) is 11.2. The van der Waals surface area contributed by atoms with Crippen LogP contribution in [0.25, 0.3) is 0 Å². The molecule has 0 heterocycles. The van der Waals surface area contributed by atoms with E-state index in [0.29, 0.717) is 0 Å². The second-order valence-corrected chi connectivity index (χ2v) is 8.70. The van der Waals surface area contributed by atoms with Crippen molar-refractivity contribution < 1.29 is 0 Å². The lowest BCUT2D eigenvalue weighted by atomic mass is 9.80. The van der Waals surface area contributed by atoms with E-state index in [1.165, 1.54) is 108 Å². The summed E-state index contributed by atoms with van der Waals surface area (Å²) in [6.07, 6.45) is 22.8. The van der Waals surface area contributed by atoms with Crippen molar-refractivity contribution in [2.24, 2.45) is 11.8 Å². The van der Waals surface area contributed by atoms with Crippen molar-refractivity contribution in [2.75, 3.05) is 0 Å². The molecule has 1 aromatic carbocycles. The standard InChI is InChI=1S/C27H48/c1-4-7-8-9-10-11-12-13-14-15-16-20-23-27(26(5-2)6-3)24-25-21-18-17-19-22-25/h17-19,21-22,26-27H,4-16,20,23-24H2,1-3H3. The van der Waals surface area contributed by atoms with Crippen molar-refractivity contribution in [2.45, 2.75) is 124 Å². The van der Waals surface area contributed by atoms with Crippen molar-refractivity contribution in [1.29, 1.82) is 0 Å². The van der Waals surface area contributed by atoms with Gasteiger partial charge >= 0.3 is 0 Å². The van der Waals surface area contributed by atoms with Gasteiger partial charge in [-0.3, -0.25) is 0 Å². The van der Waals surface area contributed by atoms with Crippen molar-refractivity contribution >= 4 is 0 Å². The van der Waals surface area contributed by atoms with Gasteiger partial charge in [0.2, 0.25) is 0 Å². The molecule has 0 spiro atoms. The molecule has 0 aliphatic rings. The molecule has 0 bridgehead atoms. The summed E-state index contributed by atoms with van der Waals surface area (Å²) in [4.78, 5) is 0. The largest absolute Gasteiger partial charge is 0.0654 e. The molecule has 1 aromatic rings. The Hall–Kier alpha value is -0.780. The fourth-order valence-electron chi connectivity index (χ4n) is 4.62. The molecule has 0 N–H and O–H groups in total. The van der Waals surface area contributed by atoms with E-state index in [1.807, 2.05) is 0 Å². The van der Waals surface area contributed by atoms with Gasteiger partial charge < -0.3 is 0 Å². The minimum absolute atomic E-state index is 0.880. The number of benzene rings is 1. The van der Waals surface area contributed by atoms with E-state index < -0.39 is 0 Å². The third kappa shape index (κ3) is 12.3. The van der Waals surface area contributed by atoms with E-state index in [9.17, 15) is 0 Å². The van der Waals surface area contributed by atoms with Gasteiger partial charge in [-0.1, -0.05) is 141 Å². The lowest BCUT2D eigenvalue weighted by molar-refractivity contribution is 0.284. The topological polar surface area (TPSA) is 0 Å². The quantitative estimate of drug-likeness (QED) is 0.225. The highest BCUT2D eigenvalue weighted by atomic mass is 14.2. The Balaban J connectivity index is 2.11. The highest BCUT2D eigenvalue weighted by Gasteiger charge is 2.18. The number of hydrogen-bond acceptors (Lipinski definition) is 0. The second-order valence-electron chi connectivity index (χ2n) is 8.70. The van der Waals surface area contributed by atoms with Crippen LogP contribution in [-0.4, -0.2) is 0 Å². The molecule has 0 fully saturated rings. The van der Waals surface area contributed by atoms with Crippen molar-refractivity contribution in [3.05, 3.63) is 35.9 Å². The smallest absolute Gasteiger partial charge is 0.0248 e. The minimum atomic E-state index is 0.880. The Bertz CT molecular complexity index is 403. The third-order valence-electron chi connectivity index (χ3n) is 6.48. The van der Waals surface area contributed by atoms with Crippen molar-refractivity contribution in [1.82, 2.24) is 0 Å². The van der Waals surface area contributed by atoms with Crippen LogP contribution >= 0.6 is 0 Å². The molecular weight excluding hydrogens is 324 g/mol. The maximum atomic E-state index is 2.38. The molecule has 1 unspecified atom stereocenters. The van der Waals surface area contributed by atoms with Gasteiger partial charge in [-0.25, -0.2) is 0 Å². The van der Waals surface area contributed by atoms with E-state index in [4.69, 9.17) is 0 Å². The third-order valence-corrected chi connectivity index (χ3v) is 6.48. The predicted octanol–water partition coefficient (Wildman–Crippen LogP) is 9.37. The first kappa shape index (κ1) is 24.3. The molecular formula is C27H48. The zero-order valence-electron chi connectivity index (χ0n) is 18.9. The highest BCUT2D eigenvalue weighted by Crippen LogP contribution is 2.28. The van der Waals surface area contributed by atoms with E-state index >= 15 is 0 Å². The first-order valence-electron chi connectivity index (χ1n) is 12.4. The Kier molecular flexibility index (Phi) is 15.6. The zero-order valence-corrected chi connectivity index (χ0v) is 18.9. The summed E-state index contributed by atoms with van der Waals surface area (Å²) in [7, 11) is 0. The maximum Gasteiger partial charge on any atom is -0.0248 e. The zero-order chi connectivity index (χ0) is 19.6. The molecule has 0 saturated carbocycles. The van der Waals surface area contributed by atoms with Crippen LogP contribution in [0.5, 0.6) is 0 Å². The first-order valence-corrected chi connectivity index (χ1v) is 12.4. The summed E-state index contributed by atoms with van der Waals surface area (Å²) in [5.41, 5.74) is 1.54. The Morgan fingerprint density at radius 1 is 0.556 bits per heavy atom. The van der Waals surface area contributed by atoms with Gasteiger partial charge in [0.05, 0.1) is 0 Å². The van der Waals surface area contributed by atoms with Crippen LogP contribution in [-0.2, 0) is 6.42 Å². The molecule has 0 aliphatic carbocycles. The molecule has 0 nitrogen and oxygen atoms in total. The minimum Gasteiger partial charge on any atom is -0.0654 e. The van der Waals surface area contributed by atoms with Gasteiger partial charge in [0.25, 0.3) is 0 Å². The Labute approximate surface area is 171 Å². The summed E-state index contributed by atoms with van der Waals surface area (Å²) < 4.78 is 0. The van der Waals surface area contributed by atoms with Crippen molar-refractivity contribution in [3.63, 3.8) is 0 Å². The number of rotatable bonds is 18. The Morgan fingerprint density at radius 2 is 1.04 bits per heavy atom. The van der Waals surface area contributed by atoms with Gasteiger partial charge in [0, 0.05) is 0 Å². The molecule has 0 radical (unpaired) electrons. The maximum absolute atomic E-state index is 2.38. The summed E-state index contributed by atoms with van der Waals surface area (Å²) in [5, 5.41) is 0. The lowest BCUT2D eigenvalue weighted by Gasteiger charge is -2.25. The fraction of sp³-hybridized carbons (Fsp3) is 0.778. The van der Waals surface area contributed by atoms with Gasteiger partial charge in [0.15, 0.2) is 0 Å². The van der Waals surface area contributed by atoms with Gasteiger partial charge in [-0.15, -0.1) is 0 Å². The predicted molar refractivity (Wildman–Crippen MR) is 123 cm³/mol. The van der Waals surface area contributed by atoms with Crippen LogP contribution in [0.1, 0.15) is 123 Å². The molecule has 1 atom stereocenters. The lowest BCUT2D eigenvalue weighted by Crippen LogP contribution is -2.16. The average Bonchev–Trinajstić information content (AvgIpc) is 2.70. The van der Waals surface area contributed by atoms with Crippen LogP contribution in [0, 0.1) is 11.8 Å². The average molecular weight is 373 g/mol. The first-order chi connectivity index (χ1) is 13.3. The number of hydrogen-bond donors (Lipinski definition) is 0. The van der Waals surface area contributed by atoms with Crippen LogP contribution < -0.4 is 0 Å². The highest BCUT2D eigenvalue weighted by molar-refractivity contribution is 5.15. The van der Waals surface area contributed by atoms with E-state index in [1.54, 1.807) is 0 Å². The van der Waals surface area contributed by atoms with Gasteiger partial charge in [-0.2, -0.15) is 0 Å². The van der Waals surface area contributed by atoms with Crippen LogP contribution in [0.15, 0.2) is 30.3 Å². The molecule has 0 amide bonds. The molecule has 27 heavy (non-hydrogen) atoms. The van der Waals surface area contributed by atoms with E-state index in [2.05, 4.69) is 51.1 Å².